The van der Waals surface area contributed by atoms with E-state index in [4.69, 9.17) is 0 Å². The van der Waals surface area contributed by atoms with Crippen LogP contribution in [0.15, 0.2) is 14.9 Å². The molecule has 9 nitrogen and oxygen atoms in total. The predicted molar refractivity (Wildman–Crippen MR) is 41.9 cm³/mol. The lowest BCUT2D eigenvalue weighted by atomic mass is 10.4. The highest BCUT2D eigenvalue weighted by Crippen LogP contribution is 2.01. The molecule has 2 atom stereocenters. The Morgan fingerprint density at radius 3 is 2.69 bits per heavy atom. The highest BCUT2D eigenvalue weighted by Gasteiger charge is 2.27. The lowest BCUT2D eigenvalue weighted by Crippen LogP contribution is -2.30. The minimum atomic E-state index is -2.08. The van der Waals surface area contributed by atoms with Gasteiger partial charge in [0.25, 0.3) is 0 Å². The molecule has 0 spiro atoms. The molecular weight excluding hydrogens is 202 g/mol. The maximum Gasteiger partial charge on any atom is 0.356 e. The Morgan fingerprint density at radius 1 is 1.69 bits per heavy atom. The first kappa shape index (κ1) is 11.7. The molecule has 10 heteroatoms. The highest BCUT2D eigenvalue weighted by molar-refractivity contribution is 7.90. The lowest BCUT2D eigenvalue weighted by Gasteiger charge is -2.05. The standard InChI is InChI=1S/C3H7N5O4S/c4-7-6-2(3(9)12-5)1-13(11)8-10/h2H,1,5H2,(H2,4,6)/t2-,13?/m0/s1. The number of hydrogen-bond acceptors (Lipinski definition) is 8. The zero-order chi connectivity index (χ0) is 10.3. The third kappa shape index (κ3) is 4.35. The van der Waals surface area contributed by atoms with Gasteiger partial charge in [0.2, 0.25) is 6.04 Å². The molecule has 0 amide bonds. The molecule has 0 aromatic heterocycles. The fraction of sp³-hybridized carbons (Fsp3) is 0.667. The van der Waals surface area contributed by atoms with E-state index in [1.165, 1.54) is 0 Å². The van der Waals surface area contributed by atoms with E-state index in [2.05, 4.69) is 31.5 Å². The number of nitroso groups, excluding NO2 is 1. The summed E-state index contributed by atoms with van der Waals surface area (Å²) >= 11 is -2.08. The van der Waals surface area contributed by atoms with Gasteiger partial charge in [-0.15, -0.1) is 0 Å². The van der Waals surface area contributed by atoms with Crippen molar-refractivity contribution in [2.75, 3.05) is 5.75 Å². The third-order valence-electron chi connectivity index (χ3n) is 0.978. The van der Waals surface area contributed by atoms with Crippen molar-refractivity contribution in [3.8, 4) is 0 Å². The average Bonchev–Trinajstić information content (AvgIpc) is 2.15. The number of nitrogens with zero attached hydrogens (tertiary/aromatic N) is 3. The molecule has 0 aromatic carbocycles. The summed E-state index contributed by atoms with van der Waals surface area (Å²) in [6, 6.07) is -1.27. The zero-order valence-electron chi connectivity index (χ0n) is 6.32. The van der Waals surface area contributed by atoms with Crippen LogP contribution in [-0.4, -0.2) is 22.3 Å². The van der Waals surface area contributed by atoms with E-state index in [-0.39, 0.29) is 0 Å². The molecule has 0 saturated carbocycles. The average molecular weight is 209 g/mol. The van der Waals surface area contributed by atoms with Crippen molar-refractivity contribution in [2.24, 2.45) is 26.7 Å². The van der Waals surface area contributed by atoms with Crippen LogP contribution in [0.25, 0.3) is 0 Å². The molecule has 1 unspecified atom stereocenters. The molecule has 0 fully saturated rings. The first-order valence-corrected chi connectivity index (χ1v) is 4.15. The van der Waals surface area contributed by atoms with Gasteiger partial charge in [-0.25, -0.2) is 4.79 Å². The van der Waals surface area contributed by atoms with Crippen molar-refractivity contribution in [1.82, 2.24) is 0 Å². The monoisotopic (exact) mass is 209 g/mol. The van der Waals surface area contributed by atoms with E-state index >= 15 is 0 Å². The molecule has 0 heterocycles. The minimum absolute atomic E-state index is 0.458. The Bertz CT molecular complexity index is 210. The minimum Gasteiger partial charge on any atom is -0.589 e. The molecule has 0 rings (SSSR count). The summed E-state index contributed by atoms with van der Waals surface area (Å²) in [6.45, 7) is 0. The second-order valence-corrected chi connectivity index (χ2v) is 2.87. The van der Waals surface area contributed by atoms with Gasteiger partial charge < -0.3 is 15.2 Å². The van der Waals surface area contributed by atoms with Crippen LogP contribution in [-0.2, 0) is 21.0 Å². The summed E-state index contributed by atoms with van der Waals surface area (Å²) in [6.07, 6.45) is 0. The van der Waals surface area contributed by atoms with Gasteiger partial charge in [0.05, 0.1) is 0 Å². The van der Waals surface area contributed by atoms with Gasteiger partial charge in [-0.1, -0.05) is 10.1 Å². The Hall–Kier alpha value is -1.26. The van der Waals surface area contributed by atoms with E-state index in [0.717, 1.165) is 0 Å². The van der Waals surface area contributed by atoms with E-state index in [9.17, 15) is 14.3 Å². The first-order chi connectivity index (χ1) is 6.15. The van der Waals surface area contributed by atoms with Gasteiger partial charge in [-0.05, 0) is 0 Å². The van der Waals surface area contributed by atoms with Gasteiger partial charge in [0, 0.05) is 0 Å². The second-order valence-electron chi connectivity index (χ2n) is 1.75. The van der Waals surface area contributed by atoms with Crippen LogP contribution in [0.1, 0.15) is 0 Å². The molecule has 74 valence electrons. The van der Waals surface area contributed by atoms with Crippen molar-refractivity contribution in [3.05, 3.63) is 4.91 Å². The molecule has 0 saturated heterocycles. The Balaban J connectivity index is 4.25. The van der Waals surface area contributed by atoms with E-state index in [1.807, 2.05) is 0 Å². The maximum absolute atomic E-state index is 10.7. The Kier molecular flexibility index (Phi) is 5.67. The van der Waals surface area contributed by atoms with Crippen LogP contribution < -0.4 is 11.7 Å². The summed E-state index contributed by atoms with van der Waals surface area (Å²) in [5.74, 6) is 7.71. The van der Waals surface area contributed by atoms with Crippen molar-refractivity contribution in [3.63, 3.8) is 0 Å². The van der Waals surface area contributed by atoms with Crippen molar-refractivity contribution in [1.29, 1.82) is 0 Å². The molecule has 0 radical (unpaired) electrons. The van der Waals surface area contributed by atoms with Crippen LogP contribution in [0.4, 0.5) is 0 Å². The topological polar surface area (TPSA) is 156 Å². The summed E-state index contributed by atoms with van der Waals surface area (Å²) < 4.78 is 12.7. The van der Waals surface area contributed by atoms with Crippen LogP contribution in [0, 0.1) is 4.91 Å². The molecule has 4 N–H and O–H groups in total. The molecular formula is C3H7N5O4S. The van der Waals surface area contributed by atoms with E-state index < -0.39 is 29.1 Å². The summed E-state index contributed by atoms with van der Waals surface area (Å²) in [7, 11) is 0. The number of carbonyl (C=O) groups excluding carboxylic acids is 1. The fourth-order valence-electron chi connectivity index (χ4n) is 0.473. The zero-order valence-corrected chi connectivity index (χ0v) is 7.14. The summed E-state index contributed by atoms with van der Waals surface area (Å²) in [4.78, 5) is 24.2. The number of rotatable bonds is 5. The molecule has 0 aliphatic rings. The second kappa shape index (κ2) is 6.28. The Labute approximate surface area is 75.7 Å². The van der Waals surface area contributed by atoms with Gasteiger partial charge >= 0.3 is 5.97 Å². The molecule has 0 aliphatic carbocycles. The van der Waals surface area contributed by atoms with Crippen molar-refractivity contribution in [2.45, 2.75) is 6.04 Å². The molecule has 0 aliphatic heterocycles. The van der Waals surface area contributed by atoms with Gasteiger partial charge in [0.15, 0.2) is 10.3 Å². The fourth-order valence-corrected chi connectivity index (χ4v) is 1.01. The third-order valence-corrected chi connectivity index (χ3v) is 1.75. The quantitative estimate of drug-likeness (QED) is 0.185. The summed E-state index contributed by atoms with van der Waals surface area (Å²) in [5, 5.41) is 5.92. The summed E-state index contributed by atoms with van der Waals surface area (Å²) in [5.41, 5.74) is 0. The number of carbonyl (C=O) groups is 1. The van der Waals surface area contributed by atoms with Crippen LogP contribution in [0.2, 0.25) is 0 Å². The van der Waals surface area contributed by atoms with E-state index in [0.29, 0.717) is 0 Å². The lowest BCUT2D eigenvalue weighted by molar-refractivity contribution is -0.145. The molecule has 0 aromatic rings. The smallest absolute Gasteiger partial charge is 0.356 e. The maximum atomic E-state index is 10.7. The normalized spacial score (nSPS) is 15.2. The van der Waals surface area contributed by atoms with Gasteiger partial charge in [-0.2, -0.15) is 11.0 Å². The largest absolute Gasteiger partial charge is 0.589 e. The van der Waals surface area contributed by atoms with E-state index in [1.54, 1.807) is 0 Å². The number of hydrogen-bond donors (Lipinski definition) is 2. The number of nitrogens with two attached hydrogens (primary N) is 2. The highest BCUT2D eigenvalue weighted by atomic mass is 32.2. The van der Waals surface area contributed by atoms with Crippen LogP contribution in [0.3, 0.4) is 0 Å². The first-order valence-electron chi connectivity index (χ1n) is 2.88. The van der Waals surface area contributed by atoms with Gasteiger partial charge in [0.1, 0.15) is 11.4 Å². The predicted octanol–water partition coefficient (Wildman–Crippen LogP) is -1.47. The SMILES string of the molecule is NN=N[C@@H](C[S+]([O-])N=O)C(=O)ON. The van der Waals surface area contributed by atoms with Crippen molar-refractivity contribution < 1.29 is 14.2 Å². The van der Waals surface area contributed by atoms with Crippen LogP contribution >= 0.6 is 0 Å². The van der Waals surface area contributed by atoms with Crippen LogP contribution in [0.5, 0.6) is 0 Å². The Morgan fingerprint density at radius 2 is 2.31 bits per heavy atom. The molecule has 13 heavy (non-hydrogen) atoms. The van der Waals surface area contributed by atoms with Gasteiger partial charge in [-0.3, -0.25) is 0 Å². The van der Waals surface area contributed by atoms with Crippen molar-refractivity contribution >= 4 is 17.3 Å². The molecule has 0 bridgehead atoms.